The molecule has 0 bridgehead atoms. The van der Waals surface area contributed by atoms with Gasteiger partial charge >= 0.3 is 11.1 Å². The fourth-order valence-electron chi connectivity index (χ4n) is 1.26. The molecule has 1 rings (SSSR count). The lowest BCUT2D eigenvalue weighted by Crippen LogP contribution is -2.34. The summed E-state index contributed by atoms with van der Waals surface area (Å²) < 4.78 is 22.6. The minimum Gasteiger partial charge on any atom is -0.462 e. The van der Waals surface area contributed by atoms with Crippen molar-refractivity contribution in [3.63, 3.8) is 0 Å². The second kappa shape index (κ2) is 7.26. The number of halogens is 1. The number of para-hydroxylation sites is 1. The molecule has 1 N–H and O–H groups in total. The lowest BCUT2D eigenvalue weighted by molar-refractivity contribution is -0.148. The van der Waals surface area contributed by atoms with E-state index in [0.29, 0.717) is 5.75 Å². The predicted octanol–water partition coefficient (Wildman–Crippen LogP) is 3.54. The minimum atomic E-state index is -3.15. The van der Waals surface area contributed by atoms with Crippen LogP contribution in [0, 0.1) is 0 Å². The van der Waals surface area contributed by atoms with Crippen molar-refractivity contribution in [1.82, 2.24) is 5.09 Å². The van der Waals surface area contributed by atoms with Gasteiger partial charge in [0.25, 0.3) is 0 Å². The normalized spacial score (nSPS) is 15.6. The first kappa shape index (κ1) is 16.5. The van der Waals surface area contributed by atoms with Crippen LogP contribution in [0.1, 0.15) is 20.8 Å². The Kier molecular flexibility index (Phi) is 6.29. The van der Waals surface area contributed by atoms with Crippen LogP contribution >= 0.6 is 27.2 Å². The van der Waals surface area contributed by atoms with Gasteiger partial charge in [-0.1, -0.05) is 18.2 Å². The molecule has 1 aromatic rings. The number of hydrogen-bond acceptors (Lipinski definition) is 4. The van der Waals surface area contributed by atoms with Crippen molar-refractivity contribution in [2.24, 2.45) is 0 Å². The van der Waals surface area contributed by atoms with Crippen LogP contribution in [-0.2, 0) is 14.1 Å². The molecule has 0 fully saturated rings. The maximum absolute atomic E-state index is 12.2. The summed E-state index contributed by atoms with van der Waals surface area (Å²) in [6.45, 7) is 5.11. The summed E-state index contributed by atoms with van der Waals surface area (Å²) in [4.78, 5) is 11.6. The van der Waals surface area contributed by atoms with Gasteiger partial charge in [0, 0.05) is 0 Å². The molecule has 0 aliphatic carbocycles. The molecule has 0 amide bonds. The SMILES string of the molecule is CC(C)OC(=O)[C@H](C)NP(=O)(I)Oc1ccccc1. The molecular formula is C12H17INO4P. The van der Waals surface area contributed by atoms with Crippen LogP contribution < -0.4 is 9.61 Å². The van der Waals surface area contributed by atoms with Gasteiger partial charge in [-0.3, -0.25) is 4.79 Å². The Morgan fingerprint density at radius 2 is 1.84 bits per heavy atom. The molecule has 2 atom stereocenters. The van der Waals surface area contributed by atoms with Gasteiger partial charge in [0.05, 0.1) is 28.1 Å². The summed E-state index contributed by atoms with van der Waals surface area (Å²) in [5.41, 5.74) is 0. The highest BCUT2D eigenvalue weighted by Crippen LogP contribution is 2.51. The van der Waals surface area contributed by atoms with Gasteiger partial charge in [-0.05, 0) is 32.9 Å². The van der Waals surface area contributed by atoms with Crippen molar-refractivity contribution in [3.8, 4) is 5.75 Å². The van der Waals surface area contributed by atoms with E-state index in [-0.39, 0.29) is 6.10 Å². The van der Waals surface area contributed by atoms with Gasteiger partial charge in [0.2, 0.25) is 0 Å². The molecule has 0 radical (unpaired) electrons. The summed E-state index contributed by atoms with van der Waals surface area (Å²) in [6.07, 6.45) is -0.208. The lowest BCUT2D eigenvalue weighted by Gasteiger charge is -2.19. The van der Waals surface area contributed by atoms with E-state index in [9.17, 15) is 9.36 Å². The second-order valence-corrected chi connectivity index (χ2v) is 9.43. The highest BCUT2D eigenvalue weighted by atomic mass is 127. The van der Waals surface area contributed by atoms with Gasteiger partial charge in [-0.25, -0.2) is 9.65 Å². The number of carbonyl (C=O) groups excluding carboxylic acids is 1. The molecule has 19 heavy (non-hydrogen) atoms. The number of rotatable bonds is 6. The van der Waals surface area contributed by atoms with E-state index in [2.05, 4.69) is 5.09 Å². The number of esters is 1. The molecule has 7 heteroatoms. The van der Waals surface area contributed by atoms with Crippen LogP contribution in [0.5, 0.6) is 5.75 Å². The van der Waals surface area contributed by atoms with Crippen molar-refractivity contribution in [2.45, 2.75) is 32.9 Å². The van der Waals surface area contributed by atoms with Crippen molar-refractivity contribution in [2.75, 3.05) is 0 Å². The van der Waals surface area contributed by atoms with Gasteiger partial charge in [-0.2, -0.15) is 0 Å². The summed E-state index contributed by atoms with van der Waals surface area (Å²) in [6, 6.07) is 8.09. The Bertz CT molecular complexity index is 466. The van der Waals surface area contributed by atoms with Gasteiger partial charge in [0.1, 0.15) is 11.8 Å². The van der Waals surface area contributed by atoms with Gasteiger partial charge < -0.3 is 9.26 Å². The maximum Gasteiger partial charge on any atom is 0.374 e. The van der Waals surface area contributed by atoms with E-state index in [1.54, 1.807) is 67.1 Å². The number of carbonyl (C=O) groups is 1. The van der Waals surface area contributed by atoms with E-state index in [0.717, 1.165) is 0 Å². The first-order valence-electron chi connectivity index (χ1n) is 5.83. The average Bonchev–Trinajstić information content (AvgIpc) is 2.27. The molecule has 0 saturated heterocycles. The van der Waals surface area contributed by atoms with Crippen LogP contribution in [0.25, 0.3) is 0 Å². The molecule has 106 valence electrons. The van der Waals surface area contributed by atoms with Crippen LogP contribution in [0.15, 0.2) is 30.3 Å². The minimum absolute atomic E-state index is 0.208. The van der Waals surface area contributed by atoms with Crippen LogP contribution in [-0.4, -0.2) is 18.1 Å². The number of benzene rings is 1. The number of nitrogens with one attached hydrogen (secondary N) is 1. The number of hydrogen-bond donors (Lipinski definition) is 1. The molecule has 0 saturated carbocycles. The third-order valence-electron chi connectivity index (χ3n) is 2.02. The second-order valence-electron chi connectivity index (χ2n) is 4.22. The molecule has 5 nitrogen and oxygen atoms in total. The smallest absolute Gasteiger partial charge is 0.374 e. The molecule has 0 aliphatic heterocycles. The molecule has 1 unspecified atom stereocenters. The number of ether oxygens (including phenoxy) is 1. The largest absolute Gasteiger partial charge is 0.462 e. The Balaban J connectivity index is 2.59. The highest BCUT2D eigenvalue weighted by Gasteiger charge is 2.27. The first-order valence-corrected chi connectivity index (χ1v) is 10.2. The zero-order valence-electron chi connectivity index (χ0n) is 11.0. The summed E-state index contributed by atoms with van der Waals surface area (Å²) >= 11 is 1.68. The quantitative estimate of drug-likeness (QED) is 0.452. The molecule has 0 aromatic heterocycles. The lowest BCUT2D eigenvalue weighted by atomic mass is 10.3. The zero-order valence-corrected chi connectivity index (χ0v) is 14.1. The standard InChI is InChI=1S/C12H17INO4P/c1-9(2)17-12(15)10(3)14-19(13,16)18-11-7-5-4-6-8-11/h4-10H,1-3H3,(H,14,16)/t10-,19?/m0/s1. The third kappa shape index (κ3) is 6.40. The zero-order chi connectivity index (χ0) is 14.5. The van der Waals surface area contributed by atoms with E-state index >= 15 is 0 Å². The van der Waals surface area contributed by atoms with Crippen molar-refractivity contribution < 1.29 is 18.6 Å². The molecule has 0 spiro atoms. The summed E-state index contributed by atoms with van der Waals surface area (Å²) in [5, 5.41) is -0.493. The highest BCUT2D eigenvalue weighted by molar-refractivity contribution is 14.2. The average molecular weight is 397 g/mol. The van der Waals surface area contributed by atoms with Gasteiger partial charge in [0.15, 0.2) is 0 Å². The molecule has 1 aromatic carbocycles. The van der Waals surface area contributed by atoms with Gasteiger partial charge in [-0.15, -0.1) is 0 Å². The van der Waals surface area contributed by atoms with Crippen LogP contribution in [0.4, 0.5) is 0 Å². The van der Waals surface area contributed by atoms with E-state index in [1.165, 1.54) is 0 Å². The fourth-order valence-corrected chi connectivity index (χ4v) is 4.21. The van der Waals surface area contributed by atoms with Crippen molar-refractivity contribution in [3.05, 3.63) is 30.3 Å². The van der Waals surface area contributed by atoms with E-state index in [4.69, 9.17) is 9.26 Å². The molecule has 0 heterocycles. The monoisotopic (exact) mass is 397 g/mol. The van der Waals surface area contributed by atoms with E-state index in [1.807, 2.05) is 6.07 Å². The summed E-state index contributed by atoms with van der Waals surface area (Å²) in [5.74, 6) is 0.0284. The third-order valence-corrected chi connectivity index (χ3v) is 4.59. The summed E-state index contributed by atoms with van der Waals surface area (Å²) in [7, 11) is 0. The van der Waals surface area contributed by atoms with Crippen molar-refractivity contribution in [1.29, 1.82) is 0 Å². The first-order chi connectivity index (χ1) is 8.80. The predicted molar refractivity (Wildman–Crippen MR) is 82.5 cm³/mol. The molecule has 0 aliphatic rings. The Morgan fingerprint density at radius 3 is 2.37 bits per heavy atom. The van der Waals surface area contributed by atoms with E-state index < -0.39 is 17.2 Å². The topological polar surface area (TPSA) is 64.6 Å². The van der Waals surface area contributed by atoms with Crippen LogP contribution in [0.3, 0.4) is 0 Å². The Labute approximate surface area is 126 Å². The maximum atomic E-state index is 12.2. The molecular weight excluding hydrogens is 380 g/mol. The van der Waals surface area contributed by atoms with Crippen molar-refractivity contribution >= 4 is 33.2 Å². The fraction of sp³-hybridized carbons (Fsp3) is 0.417. The Hall–Kier alpha value is -0.590. The van der Waals surface area contributed by atoms with Crippen LogP contribution in [0.2, 0.25) is 0 Å². The Morgan fingerprint density at radius 1 is 1.26 bits per heavy atom.